The summed E-state index contributed by atoms with van der Waals surface area (Å²) in [5.41, 5.74) is 1.48. The molecule has 0 aliphatic carbocycles. The topological polar surface area (TPSA) is 122 Å². The van der Waals surface area contributed by atoms with E-state index in [0.717, 1.165) is 36.9 Å². The number of likely N-dealkylation sites (tertiary alicyclic amines) is 2. The summed E-state index contributed by atoms with van der Waals surface area (Å²) in [5.74, 6) is -0.666. The highest BCUT2D eigenvalue weighted by Crippen LogP contribution is 2.47. The van der Waals surface area contributed by atoms with E-state index in [1.54, 1.807) is 23.4 Å². The summed E-state index contributed by atoms with van der Waals surface area (Å²) in [6.45, 7) is 4.24. The van der Waals surface area contributed by atoms with Crippen LogP contribution in [0, 0.1) is 5.92 Å². The summed E-state index contributed by atoms with van der Waals surface area (Å²) in [5, 5.41) is 10.6. The number of carboxylic acid groups (broad SMARTS) is 1. The number of carbonyl (C=O) groups is 3. The maximum absolute atomic E-state index is 13.9. The van der Waals surface area contributed by atoms with Gasteiger partial charge in [0.15, 0.2) is 11.5 Å². The van der Waals surface area contributed by atoms with Crippen LogP contribution in [0.1, 0.15) is 56.9 Å². The SMILES string of the molecule is CCCCN(C(=O)CN1CC(c2cc(OC)c3c(c2)OCO3)C(C(=O)O)C1CCN1CCCCC1=O)c1cccnc1. The van der Waals surface area contributed by atoms with E-state index in [9.17, 15) is 19.5 Å². The lowest BCUT2D eigenvalue weighted by molar-refractivity contribution is -0.143. The molecule has 3 unspecified atom stereocenters. The number of pyridine rings is 1. The van der Waals surface area contributed by atoms with Gasteiger partial charge in [-0.3, -0.25) is 24.3 Å². The third kappa shape index (κ3) is 6.30. The molecule has 2 saturated heterocycles. The van der Waals surface area contributed by atoms with Crippen LogP contribution in [-0.4, -0.2) is 90.3 Å². The fourth-order valence-electron chi connectivity index (χ4n) is 6.43. The number of ether oxygens (including phenoxy) is 3. The normalized spacial score (nSPS) is 21.9. The molecule has 4 heterocycles. The summed E-state index contributed by atoms with van der Waals surface area (Å²) in [7, 11) is 1.54. The highest BCUT2D eigenvalue weighted by molar-refractivity contribution is 5.94. The first-order chi connectivity index (χ1) is 20.4. The lowest BCUT2D eigenvalue weighted by Crippen LogP contribution is -2.46. The zero-order chi connectivity index (χ0) is 29.6. The van der Waals surface area contributed by atoms with Crippen LogP contribution in [0.15, 0.2) is 36.7 Å². The number of carboxylic acids is 1. The Morgan fingerprint density at radius 3 is 2.81 bits per heavy atom. The average Bonchev–Trinajstić information content (AvgIpc) is 3.62. The lowest BCUT2D eigenvalue weighted by Gasteiger charge is -2.32. The van der Waals surface area contributed by atoms with Gasteiger partial charge in [0.25, 0.3) is 0 Å². The molecule has 42 heavy (non-hydrogen) atoms. The summed E-state index contributed by atoms with van der Waals surface area (Å²) < 4.78 is 16.7. The standard InChI is InChI=1S/C31H40N4O7/c1-3-4-13-35(22-8-7-11-32-17-22)28(37)19-34-18-23(21-15-25(40-2)30-26(16-21)41-20-42-30)29(31(38)39)24(34)10-14-33-12-6-5-9-27(33)36/h7-8,11,15-17,23-24,29H,3-6,9-10,12-14,18-20H2,1-2H3,(H,38,39). The summed E-state index contributed by atoms with van der Waals surface area (Å²) in [6.07, 6.45) is 7.91. The number of fused-ring (bicyclic) bond motifs is 1. The van der Waals surface area contributed by atoms with E-state index in [4.69, 9.17) is 14.2 Å². The molecule has 3 aliphatic rings. The molecule has 3 atom stereocenters. The van der Waals surface area contributed by atoms with Crippen molar-refractivity contribution in [1.82, 2.24) is 14.8 Å². The van der Waals surface area contributed by atoms with Crippen LogP contribution in [0.5, 0.6) is 17.2 Å². The maximum Gasteiger partial charge on any atom is 0.308 e. The first-order valence-electron chi connectivity index (χ1n) is 14.8. The zero-order valence-electron chi connectivity index (χ0n) is 24.4. The number of methoxy groups -OCH3 is 1. The predicted octanol–water partition coefficient (Wildman–Crippen LogP) is 3.52. The van der Waals surface area contributed by atoms with Gasteiger partial charge in [0.1, 0.15) is 0 Å². The molecular formula is C31H40N4O7. The number of carbonyl (C=O) groups excluding carboxylic acids is 2. The molecule has 1 N–H and O–H groups in total. The van der Waals surface area contributed by atoms with E-state index in [0.29, 0.717) is 56.3 Å². The highest BCUT2D eigenvalue weighted by Gasteiger charge is 2.48. The van der Waals surface area contributed by atoms with Crippen LogP contribution in [0.3, 0.4) is 0 Å². The molecule has 0 bridgehead atoms. The van der Waals surface area contributed by atoms with Crippen molar-refractivity contribution in [1.29, 1.82) is 0 Å². The molecule has 3 aliphatic heterocycles. The Kier molecular flexibility index (Phi) is 9.46. The van der Waals surface area contributed by atoms with Gasteiger partial charge < -0.3 is 29.1 Å². The van der Waals surface area contributed by atoms with Gasteiger partial charge in [-0.2, -0.15) is 0 Å². The van der Waals surface area contributed by atoms with Gasteiger partial charge in [0.2, 0.25) is 24.4 Å². The Morgan fingerprint density at radius 2 is 2.10 bits per heavy atom. The fraction of sp³-hybridized carbons (Fsp3) is 0.548. The molecule has 2 aromatic rings. The van der Waals surface area contributed by atoms with Crippen molar-refractivity contribution < 1.29 is 33.7 Å². The zero-order valence-corrected chi connectivity index (χ0v) is 24.4. The number of anilines is 1. The van der Waals surface area contributed by atoms with Crippen LogP contribution in [-0.2, 0) is 14.4 Å². The number of aromatic nitrogens is 1. The van der Waals surface area contributed by atoms with Crippen molar-refractivity contribution in [3.63, 3.8) is 0 Å². The average molecular weight is 581 g/mol. The number of aliphatic carboxylic acids is 1. The van der Waals surface area contributed by atoms with Gasteiger partial charge in [-0.1, -0.05) is 13.3 Å². The summed E-state index contributed by atoms with van der Waals surface area (Å²) in [4.78, 5) is 49.2. The quantitative estimate of drug-likeness (QED) is 0.402. The number of benzene rings is 1. The van der Waals surface area contributed by atoms with Gasteiger partial charge in [-0.05, 0) is 55.5 Å². The number of piperidine rings is 1. The number of nitrogens with zero attached hydrogens (tertiary/aromatic N) is 4. The van der Waals surface area contributed by atoms with Gasteiger partial charge in [-0.25, -0.2) is 0 Å². The molecule has 0 spiro atoms. The van der Waals surface area contributed by atoms with Crippen LogP contribution >= 0.6 is 0 Å². The van der Waals surface area contributed by atoms with Crippen LogP contribution in [0.4, 0.5) is 5.69 Å². The van der Waals surface area contributed by atoms with Gasteiger partial charge >= 0.3 is 5.97 Å². The Morgan fingerprint density at radius 1 is 1.24 bits per heavy atom. The number of hydrogen-bond acceptors (Lipinski definition) is 8. The van der Waals surface area contributed by atoms with Crippen molar-refractivity contribution in [3.8, 4) is 17.2 Å². The first-order valence-corrected chi connectivity index (χ1v) is 14.8. The van der Waals surface area contributed by atoms with E-state index >= 15 is 0 Å². The third-order valence-corrected chi connectivity index (χ3v) is 8.59. The van der Waals surface area contributed by atoms with E-state index in [-0.39, 0.29) is 25.2 Å². The maximum atomic E-state index is 13.9. The molecule has 1 aromatic heterocycles. The molecule has 5 rings (SSSR count). The molecule has 2 fully saturated rings. The van der Waals surface area contributed by atoms with Crippen LogP contribution in [0.25, 0.3) is 0 Å². The molecule has 11 heteroatoms. The van der Waals surface area contributed by atoms with Gasteiger partial charge in [0, 0.05) is 50.8 Å². The molecule has 0 radical (unpaired) electrons. The van der Waals surface area contributed by atoms with Gasteiger partial charge in [-0.15, -0.1) is 0 Å². The van der Waals surface area contributed by atoms with Crippen molar-refractivity contribution in [2.45, 2.75) is 57.4 Å². The number of hydrogen-bond donors (Lipinski definition) is 1. The smallest absolute Gasteiger partial charge is 0.308 e. The van der Waals surface area contributed by atoms with E-state index in [1.807, 2.05) is 28.0 Å². The third-order valence-electron chi connectivity index (χ3n) is 8.59. The van der Waals surface area contributed by atoms with Crippen LogP contribution < -0.4 is 19.1 Å². The van der Waals surface area contributed by atoms with Crippen molar-refractivity contribution in [2.75, 3.05) is 51.5 Å². The summed E-state index contributed by atoms with van der Waals surface area (Å²) >= 11 is 0. The highest BCUT2D eigenvalue weighted by atomic mass is 16.7. The minimum absolute atomic E-state index is 0.0548. The van der Waals surface area contributed by atoms with Crippen molar-refractivity contribution >= 4 is 23.5 Å². The monoisotopic (exact) mass is 580 g/mol. The minimum atomic E-state index is -0.934. The Labute approximate surface area is 246 Å². The van der Waals surface area contributed by atoms with E-state index in [2.05, 4.69) is 11.9 Å². The number of amides is 2. The fourth-order valence-corrected chi connectivity index (χ4v) is 6.43. The largest absolute Gasteiger partial charge is 0.493 e. The first kappa shape index (κ1) is 29.6. The molecular weight excluding hydrogens is 540 g/mol. The van der Waals surface area contributed by atoms with E-state index < -0.39 is 23.8 Å². The molecule has 2 amide bonds. The second-order valence-corrected chi connectivity index (χ2v) is 11.2. The minimum Gasteiger partial charge on any atom is -0.493 e. The molecule has 1 aromatic carbocycles. The Bertz CT molecular complexity index is 1270. The number of rotatable bonds is 12. The molecule has 11 nitrogen and oxygen atoms in total. The number of unbranched alkanes of at least 4 members (excludes halogenated alkanes) is 1. The van der Waals surface area contributed by atoms with Gasteiger partial charge in [0.05, 0.1) is 31.5 Å². The Balaban J connectivity index is 1.45. The predicted molar refractivity (Wildman–Crippen MR) is 155 cm³/mol. The van der Waals surface area contributed by atoms with Crippen molar-refractivity contribution in [3.05, 3.63) is 42.2 Å². The second-order valence-electron chi connectivity index (χ2n) is 11.2. The molecule has 226 valence electrons. The second kappa shape index (κ2) is 13.4. The summed E-state index contributed by atoms with van der Waals surface area (Å²) in [6, 6.07) is 6.86. The van der Waals surface area contributed by atoms with E-state index in [1.165, 1.54) is 7.11 Å². The van der Waals surface area contributed by atoms with Crippen molar-refractivity contribution in [2.24, 2.45) is 5.92 Å². The lowest BCUT2D eigenvalue weighted by atomic mass is 9.84. The van der Waals surface area contributed by atoms with Crippen LogP contribution in [0.2, 0.25) is 0 Å². The Hall–Kier alpha value is -3.86. The molecule has 0 saturated carbocycles.